The molecule has 0 spiro atoms. The highest BCUT2D eigenvalue weighted by Crippen LogP contribution is 2.29. The standard InChI is InChI=1S/C24H21N3O3/c1-16-8-7-10-18(14-16)24-26-23(27-30-24)19-11-4-6-13-21(19)29-15-22(28)25-20-12-5-3-9-17(20)2/h3-14H,15H2,1-2H3,(H,25,28). The molecule has 4 rings (SSSR count). The van der Waals surface area contributed by atoms with Crippen molar-refractivity contribution in [1.29, 1.82) is 0 Å². The number of carbonyl (C=O) groups excluding carboxylic acids is 1. The second kappa shape index (κ2) is 8.61. The molecule has 0 bridgehead atoms. The van der Waals surface area contributed by atoms with E-state index < -0.39 is 0 Å². The van der Waals surface area contributed by atoms with Crippen molar-refractivity contribution < 1.29 is 14.1 Å². The number of hydrogen-bond donors (Lipinski definition) is 1. The second-order valence-electron chi connectivity index (χ2n) is 6.94. The maximum Gasteiger partial charge on any atom is 0.262 e. The van der Waals surface area contributed by atoms with E-state index in [1.165, 1.54) is 0 Å². The first-order valence-corrected chi connectivity index (χ1v) is 9.58. The van der Waals surface area contributed by atoms with Gasteiger partial charge in [-0.1, -0.05) is 53.2 Å². The summed E-state index contributed by atoms with van der Waals surface area (Å²) in [5.74, 6) is 1.10. The lowest BCUT2D eigenvalue weighted by Gasteiger charge is -2.11. The van der Waals surface area contributed by atoms with Gasteiger partial charge in [0.25, 0.3) is 11.8 Å². The number of ether oxygens (including phenoxy) is 1. The molecule has 0 atom stereocenters. The predicted molar refractivity (Wildman–Crippen MR) is 115 cm³/mol. The van der Waals surface area contributed by atoms with Gasteiger partial charge in [-0.3, -0.25) is 4.79 Å². The number of aryl methyl sites for hydroxylation is 2. The van der Waals surface area contributed by atoms with Gasteiger partial charge < -0.3 is 14.6 Å². The maximum atomic E-state index is 12.3. The highest BCUT2D eigenvalue weighted by molar-refractivity contribution is 5.92. The van der Waals surface area contributed by atoms with E-state index in [-0.39, 0.29) is 12.5 Å². The summed E-state index contributed by atoms with van der Waals surface area (Å²) in [5.41, 5.74) is 4.37. The molecule has 0 saturated carbocycles. The normalized spacial score (nSPS) is 10.6. The van der Waals surface area contributed by atoms with Gasteiger partial charge in [-0.2, -0.15) is 4.98 Å². The third-order valence-corrected chi connectivity index (χ3v) is 4.60. The van der Waals surface area contributed by atoms with Gasteiger partial charge in [-0.05, 0) is 49.7 Å². The molecule has 4 aromatic rings. The van der Waals surface area contributed by atoms with Crippen molar-refractivity contribution in [1.82, 2.24) is 10.1 Å². The summed E-state index contributed by atoms with van der Waals surface area (Å²) in [7, 11) is 0. The average molecular weight is 399 g/mol. The van der Waals surface area contributed by atoms with Crippen LogP contribution in [0.15, 0.2) is 77.3 Å². The van der Waals surface area contributed by atoms with Gasteiger partial charge in [0.05, 0.1) is 5.56 Å². The zero-order chi connectivity index (χ0) is 20.9. The summed E-state index contributed by atoms with van der Waals surface area (Å²) in [6.07, 6.45) is 0. The molecule has 3 aromatic carbocycles. The Morgan fingerprint density at radius 2 is 1.80 bits per heavy atom. The highest BCUT2D eigenvalue weighted by Gasteiger charge is 2.15. The fourth-order valence-electron chi connectivity index (χ4n) is 3.05. The minimum absolute atomic E-state index is 0.131. The zero-order valence-corrected chi connectivity index (χ0v) is 16.8. The zero-order valence-electron chi connectivity index (χ0n) is 16.8. The van der Waals surface area contributed by atoms with Crippen molar-refractivity contribution in [3.63, 3.8) is 0 Å². The predicted octanol–water partition coefficient (Wildman–Crippen LogP) is 5.04. The first-order chi connectivity index (χ1) is 14.6. The van der Waals surface area contributed by atoms with Crippen LogP contribution in [0.3, 0.4) is 0 Å². The quantitative estimate of drug-likeness (QED) is 0.492. The number of benzene rings is 3. The molecule has 0 unspecified atom stereocenters. The van der Waals surface area contributed by atoms with E-state index in [0.717, 1.165) is 22.4 Å². The maximum absolute atomic E-state index is 12.3. The average Bonchev–Trinajstić information content (AvgIpc) is 3.24. The Morgan fingerprint density at radius 3 is 2.63 bits per heavy atom. The van der Waals surface area contributed by atoms with Crippen LogP contribution in [0.2, 0.25) is 0 Å². The lowest BCUT2D eigenvalue weighted by atomic mass is 10.1. The SMILES string of the molecule is Cc1cccc(-c2nc(-c3ccccc3OCC(=O)Nc3ccccc3C)no2)c1. The van der Waals surface area contributed by atoms with E-state index in [2.05, 4.69) is 15.5 Å². The van der Waals surface area contributed by atoms with E-state index >= 15 is 0 Å². The van der Waals surface area contributed by atoms with Crippen LogP contribution in [-0.2, 0) is 4.79 Å². The number of amides is 1. The highest BCUT2D eigenvalue weighted by atomic mass is 16.5. The Balaban J connectivity index is 1.49. The molecule has 0 fully saturated rings. The van der Waals surface area contributed by atoms with Crippen LogP contribution in [0.25, 0.3) is 22.8 Å². The topological polar surface area (TPSA) is 77.2 Å². The van der Waals surface area contributed by atoms with Crippen molar-refractivity contribution >= 4 is 11.6 Å². The summed E-state index contributed by atoms with van der Waals surface area (Å²) < 4.78 is 11.2. The van der Waals surface area contributed by atoms with Crippen LogP contribution in [-0.4, -0.2) is 22.7 Å². The molecular formula is C24H21N3O3. The third kappa shape index (κ3) is 4.38. The lowest BCUT2D eigenvalue weighted by Crippen LogP contribution is -2.20. The Bertz CT molecular complexity index is 1180. The number of aromatic nitrogens is 2. The van der Waals surface area contributed by atoms with Gasteiger partial charge >= 0.3 is 0 Å². The van der Waals surface area contributed by atoms with Crippen molar-refractivity contribution in [3.05, 3.63) is 83.9 Å². The van der Waals surface area contributed by atoms with Gasteiger partial charge in [-0.25, -0.2) is 0 Å². The Hall–Kier alpha value is -3.93. The molecule has 150 valence electrons. The second-order valence-corrected chi connectivity index (χ2v) is 6.94. The first kappa shape index (κ1) is 19.4. The van der Waals surface area contributed by atoms with E-state index in [1.807, 2.05) is 80.6 Å². The number of nitrogens with one attached hydrogen (secondary N) is 1. The van der Waals surface area contributed by atoms with Crippen LogP contribution in [0.5, 0.6) is 5.75 Å². The van der Waals surface area contributed by atoms with Gasteiger partial charge in [0.2, 0.25) is 5.82 Å². The number of rotatable bonds is 6. The minimum atomic E-state index is -0.243. The van der Waals surface area contributed by atoms with E-state index in [0.29, 0.717) is 23.0 Å². The molecule has 1 amide bonds. The summed E-state index contributed by atoms with van der Waals surface area (Å²) in [6.45, 7) is 3.81. The molecule has 1 aromatic heterocycles. The van der Waals surface area contributed by atoms with Crippen LogP contribution < -0.4 is 10.1 Å². The summed E-state index contributed by atoms with van der Waals surface area (Å²) in [4.78, 5) is 16.8. The van der Waals surface area contributed by atoms with Crippen LogP contribution in [0, 0.1) is 13.8 Å². The van der Waals surface area contributed by atoms with Crippen LogP contribution in [0.1, 0.15) is 11.1 Å². The van der Waals surface area contributed by atoms with Gasteiger partial charge in [0, 0.05) is 11.3 Å². The number of nitrogens with zero attached hydrogens (tertiary/aromatic N) is 2. The van der Waals surface area contributed by atoms with Crippen molar-refractivity contribution in [2.24, 2.45) is 0 Å². The Kier molecular flexibility index (Phi) is 5.57. The van der Waals surface area contributed by atoms with Crippen LogP contribution >= 0.6 is 0 Å². The number of para-hydroxylation sites is 2. The van der Waals surface area contributed by atoms with Crippen molar-refractivity contribution in [2.45, 2.75) is 13.8 Å². The van der Waals surface area contributed by atoms with Crippen molar-refractivity contribution in [3.8, 4) is 28.6 Å². The van der Waals surface area contributed by atoms with Gasteiger partial charge in [0.15, 0.2) is 6.61 Å². The molecule has 6 heteroatoms. The Labute approximate surface area is 174 Å². The fraction of sp³-hybridized carbons (Fsp3) is 0.125. The molecular weight excluding hydrogens is 378 g/mol. The summed E-state index contributed by atoms with van der Waals surface area (Å²) >= 11 is 0. The van der Waals surface area contributed by atoms with Crippen molar-refractivity contribution in [2.75, 3.05) is 11.9 Å². The molecule has 0 radical (unpaired) electrons. The van der Waals surface area contributed by atoms with Gasteiger partial charge in [0.1, 0.15) is 5.75 Å². The molecule has 0 saturated heterocycles. The molecule has 1 N–H and O–H groups in total. The Morgan fingerprint density at radius 1 is 1.00 bits per heavy atom. The molecule has 1 heterocycles. The minimum Gasteiger partial charge on any atom is -0.483 e. The van der Waals surface area contributed by atoms with E-state index in [4.69, 9.17) is 9.26 Å². The molecule has 0 aliphatic carbocycles. The smallest absolute Gasteiger partial charge is 0.262 e. The third-order valence-electron chi connectivity index (χ3n) is 4.60. The molecule has 6 nitrogen and oxygen atoms in total. The molecule has 0 aliphatic heterocycles. The number of hydrogen-bond acceptors (Lipinski definition) is 5. The largest absolute Gasteiger partial charge is 0.483 e. The van der Waals surface area contributed by atoms with Crippen LogP contribution in [0.4, 0.5) is 5.69 Å². The number of carbonyl (C=O) groups is 1. The number of anilines is 1. The molecule has 0 aliphatic rings. The van der Waals surface area contributed by atoms with E-state index in [9.17, 15) is 4.79 Å². The fourth-order valence-corrected chi connectivity index (χ4v) is 3.05. The van der Waals surface area contributed by atoms with E-state index in [1.54, 1.807) is 6.07 Å². The lowest BCUT2D eigenvalue weighted by molar-refractivity contribution is -0.118. The summed E-state index contributed by atoms with van der Waals surface area (Å²) in [6, 6.07) is 22.7. The first-order valence-electron chi connectivity index (χ1n) is 9.58. The summed E-state index contributed by atoms with van der Waals surface area (Å²) in [5, 5.41) is 6.95. The molecule has 30 heavy (non-hydrogen) atoms. The monoisotopic (exact) mass is 399 g/mol. The van der Waals surface area contributed by atoms with Gasteiger partial charge in [-0.15, -0.1) is 0 Å².